The van der Waals surface area contributed by atoms with Crippen molar-refractivity contribution in [1.82, 2.24) is 24.6 Å². The van der Waals surface area contributed by atoms with Gasteiger partial charge in [0.1, 0.15) is 5.82 Å². The second kappa shape index (κ2) is 8.93. The van der Waals surface area contributed by atoms with Crippen molar-refractivity contribution < 1.29 is 9.13 Å². The molecule has 29 heavy (non-hydrogen) atoms. The monoisotopic (exact) mass is 647 g/mol. The van der Waals surface area contributed by atoms with E-state index in [0.717, 1.165) is 39.1 Å². The highest BCUT2D eigenvalue weighted by Gasteiger charge is 2.31. The molecule has 0 amide bonds. The molecule has 2 N–H and O–H groups in total. The van der Waals surface area contributed by atoms with Gasteiger partial charge in [0, 0.05) is 26.3 Å². The first-order chi connectivity index (χ1) is 13.9. The lowest BCUT2D eigenvalue weighted by Crippen LogP contribution is -2.51. The van der Waals surface area contributed by atoms with E-state index in [1.807, 2.05) is 4.68 Å². The number of rotatable bonds is 6. The van der Waals surface area contributed by atoms with Gasteiger partial charge in [-0.1, -0.05) is 11.6 Å². The number of ether oxygens (including phenoxy) is 1. The van der Waals surface area contributed by atoms with Crippen molar-refractivity contribution >= 4 is 74.2 Å². The van der Waals surface area contributed by atoms with E-state index in [4.69, 9.17) is 16.3 Å². The van der Waals surface area contributed by atoms with Crippen molar-refractivity contribution in [2.75, 3.05) is 44.0 Å². The van der Waals surface area contributed by atoms with Crippen LogP contribution in [0.1, 0.15) is 24.4 Å². The number of hydrogen-bond donors (Lipinski definition) is 2. The Morgan fingerprint density at radius 3 is 2.55 bits per heavy atom. The molecule has 0 radical (unpaired) electrons. The van der Waals surface area contributed by atoms with Crippen molar-refractivity contribution in [2.24, 2.45) is 0 Å². The van der Waals surface area contributed by atoms with Gasteiger partial charge in [0.15, 0.2) is 5.15 Å². The van der Waals surface area contributed by atoms with E-state index in [9.17, 15) is 4.39 Å². The van der Waals surface area contributed by atoms with Gasteiger partial charge in [0.25, 0.3) is 0 Å². The molecule has 2 aromatic rings. The lowest BCUT2D eigenvalue weighted by atomic mass is 10.0. The Hall–Kier alpha value is -0.510. The first kappa shape index (κ1) is 21.7. The maximum absolute atomic E-state index is 14.3. The number of aromatic nitrogens is 4. The molecule has 2 aromatic heterocycles. The normalized spacial score (nSPS) is 19.2. The minimum atomic E-state index is -1.60. The maximum Gasteiger partial charge on any atom is 0.240 e. The minimum absolute atomic E-state index is 0.261. The van der Waals surface area contributed by atoms with Crippen LogP contribution >= 0.6 is 56.8 Å². The quantitative estimate of drug-likeness (QED) is 0.361. The first-order valence-corrected chi connectivity index (χ1v) is 11.8. The largest absolute Gasteiger partial charge is 0.378 e. The third-order valence-corrected chi connectivity index (χ3v) is 6.83. The van der Waals surface area contributed by atoms with Crippen molar-refractivity contribution in [1.29, 1.82) is 0 Å². The van der Waals surface area contributed by atoms with Gasteiger partial charge in [-0.25, -0.2) is 14.1 Å². The third kappa shape index (κ3) is 4.72. The molecule has 0 bridgehead atoms. The van der Waals surface area contributed by atoms with E-state index in [1.54, 1.807) is 58.4 Å². The summed E-state index contributed by atoms with van der Waals surface area (Å²) >= 11 is 10.0. The summed E-state index contributed by atoms with van der Waals surface area (Å²) in [6.07, 6.45) is 5.14. The molecule has 2 saturated heterocycles. The summed E-state index contributed by atoms with van der Waals surface area (Å²) in [5, 5.41) is 11.0. The number of hydrogen-bond acceptors (Lipinski definition) is 7. The summed E-state index contributed by atoms with van der Waals surface area (Å²) in [6.45, 7) is 3.72. The molecule has 4 heterocycles. The maximum atomic E-state index is 14.3. The van der Waals surface area contributed by atoms with Crippen molar-refractivity contribution in [3.05, 3.63) is 23.1 Å². The smallest absolute Gasteiger partial charge is 0.240 e. The van der Waals surface area contributed by atoms with E-state index in [1.165, 1.54) is 6.20 Å². The zero-order valence-electron chi connectivity index (χ0n) is 15.7. The molecule has 0 saturated carbocycles. The second-order valence-electron chi connectivity index (χ2n) is 7.08. The molecule has 158 valence electrons. The van der Waals surface area contributed by atoms with Crippen LogP contribution in [-0.2, 0) is 6.42 Å². The molecule has 0 atom stereocenters. The van der Waals surface area contributed by atoms with Crippen LogP contribution in [-0.4, -0.2) is 64.0 Å². The molecular weight excluding hydrogens is 626 g/mol. The Morgan fingerprint density at radius 2 is 1.97 bits per heavy atom. The molecule has 0 spiro atoms. The lowest BCUT2D eigenvalue weighted by molar-refractivity contribution is -0.0734. The van der Waals surface area contributed by atoms with Gasteiger partial charge in [-0.05, 0) is 58.0 Å². The molecule has 8 nitrogen and oxygen atoms in total. The standard InChI is InChI=1S/C17H21ClFI2N7O/c1-22-15-12(17(19,20)21)6-23-16(26-15)25-13-7-24-28(14(13)18)10-2-4-27(5-3-10)11-8-29-9-11/h6-7,10-11H,2-5,8-9H2,1H3,(H2,22,23,25,26). The summed E-state index contributed by atoms with van der Waals surface area (Å²) in [4.78, 5) is 11.1. The fourth-order valence-electron chi connectivity index (χ4n) is 3.58. The minimum Gasteiger partial charge on any atom is -0.378 e. The van der Waals surface area contributed by atoms with Crippen LogP contribution in [0.5, 0.6) is 0 Å². The fourth-order valence-corrected chi connectivity index (χ4v) is 4.64. The molecule has 2 fully saturated rings. The predicted octanol–water partition coefficient (Wildman–Crippen LogP) is 4.10. The van der Waals surface area contributed by atoms with Crippen LogP contribution in [0.25, 0.3) is 0 Å². The first-order valence-electron chi connectivity index (χ1n) is 9.30. The van der Waals surface area contributed by atoms with Gasteiger partial charge in [0.2, 0.25) is 7.63 Å². The molecule has 0 unspecified atom stereocenters. The van der Waals surface area contributed by atoms with E-state index in [0.29, 0.717) is 34.2 Å². The predicted molar refractivity (Wildman–Crippen MR) is 127 cm³/mol. The van der Waals surface area contributed by atoms with Gasteiger partial charge in [-0.15, -0.1) is 0 Å². The third-order valence-electron chi connectivity index (χ3n) is 5.29. The van der Waals surface area contributed by atoms with Crippen molar-refractivity contribution in [3.63, 3.8) is 0 Å². The molecule has 0 aromatic carbocycles. The summed E-state index contributed by atoms with van der Waals surface area (Å²) in [6, 6.07) is 0.826. The van der Waals surface area contributed by atoms with Crippen LogP contribution in [0.2, 0.25) is 5.15 Å². The number of likely N-dealkylation sites (tertiary alicyclic amines) is 1. The zero-order valence-corrected chi connectivity index (χ0v) is 20.8. The van der Waals surface area contributed by atoms with Gasteiger partial charge in [0.05, 0.1) is 42.7 Å². The molecule has 2 aliphatic rings. The van der Waals surface area contributed by atoms with Crippen molar-refractivity contribution in [3.8, 4) is 0 Å². The van der Waals surface area contributed by atoms with Crippen LogP contribution in [0.3, 0.4) is 0 Å². The molecular formula is C17H21ClFI2N7O. The SMILES string of the molecule is CNc1nc(Nc2cnn(C3CCN(C4COC4)CC3)c2Cl)ncc1C(F)(I)I. The highest BCUT2D eigenvalue weighted by Crippen LogP contribution is 2.43. The van der Waals surface area contributed by atoms with Crippen LogP contribution in [0.15, 0.2) is 12.4 Å². The molecule has 4 rings (SSSR count). The van der Waals surface area contributed by atoms with E-state index in [2.05, 4.69) is 30.6 Å². The van der Waals surface area contributed by atoms with Crippen LogP contribution in [0.4, 0.5) is 21.8 Å². The summed E-state index contributed by atoms with van der Waals surface area (Å²) < 4.78 is 19.9. The Kier molecular flexibility index (Phi) is 6.68. The Morgan fingerprint density at radius 1 is 1.24 bits per heavy atom. The number of nitrogens with zero attached hydrogens (tertiary/aromatic N) is 5. The Bertz CT molecular complexity index is 866. The highest BCUT2D eigenvalue weighted by atomic mass is 127. The fraction of sp³-hybridized carbons (Fsp3) is 0.588. The van der Waals surface area contributed by atoms with E-state index < -0.39 is 1.68 Å². The van der Waals surface area contributed by atoms with Gasteiger partial charge in [-0.3, -0.25) is 4.90 Å². The summed E-state index contributed by atoms with van der Waals surface area (Å²) in [7, 11) is 1.70. The van der Waals surface area contributed by atoms with Gasteiger partial charge >= 0.3 is 0 Å². The second-order valence-corrected chi connectivity index (χ2v) is 12.5. The molecule has 12 heteroatoms. The van der Waals surface area contributed by atoms with Gasteiger partial charge in [-0.2, -0.15) is 10.1 Å². The van der Waals surface area contributed by atoms with Gasteiger partial charge < -0.3 is 15.4 Å². The number of anilines is 3. The number of nitrogens with one attached hydrogen (secondary N) is 2. The topological polar surface area (TPSA) is 80.1 Å². The molecule has 0 aliphatic carbocycles. The van der Waals surface area contributed by atoms with Crippen molar-refractivity contribution in [2.45, 2.75) is 26.6 Å². The molecule has 2 aliphatic heterocycles. The number of alkyl halides is 3. The number of halogens is 4. The average molecular weight is 648 g/mol. The Balaban J connectivity index is 1.45. The van der Waals surface area contributed by atoms with Crippen LogP contribution < -0.4 is 10.6 Å². The van der Waals surface area contributed by atoms with E-state index >= 15 is 0 Å². The lowest BCUT2D eigenvalue weighted by Gasteiger charge is -2.41. The number of piperidine rings is 1. The summed E-state index contributed by atoms with van der Waals surface area (Å²) in [5.41, 5.74) is 1.00. The average Bonchev–Trinajstić information content (AvgIpc) is 3.00. The highest BCUT2D eigenvalue weighted by molar-refractivity contribution is 14.2. The zero-order chi connectivity index (χ0) is 20.6. The summed E-state index contributed by atoms with van der Waals surface area (Å²) in [5.74, 6) is 0.751. The Labute approximate surface area is 200 Å². The van der Waals surface area contributed by atoms with E-state index in [-0.39, 0.29) is 6.04 Å². The van der Waals surface area contributed by atoms with Crippen LogP contribution in [0, 0.1) is 0 Å².